The Kier molecular flexibility index (Phi) is 3.82. The Balaban J connectivity index is 2.12. The first kappa shape index (κ1) is 13.6. The molecule has 98 valence electrons. The number of thioether (sulfide) groups is 1. The van der Waals surface area contributed by atoms with E-state index in [1.54, 1.807) is 12.1 Å². The molecule has 1 aromatic carbocycles. The molecular weight excluding hydrogens is 282 g/mol. The molecule has 0 saturated carbocycles. The third-order valence-corrected chi connectivity index (χ3v) is 4.14. The largest absolute Gasteiger partial charge is 0.450 e. The summed E-state index contributed by atoms with van der Waals surface area (Å²) < 4.78 is 31.2. The minimum atomic E-state index is -3.44. The van der Waals surface area contributed by atoms with Crippen LogP contribution in [0.2, 0.25) is 0 Å². The van der Waals surface area contributed by atoms with Gasteiger partial charge in [0.25, 0.3) is 0 Å². The molecule has 0 N–H and O–H groups in total. The summed E-state index contributed by atoms with van der Waals surface area (Å²) >= 11 is 6.10. The van der Waals surface area contributed by atoms with Crippen molar-refractivity contribution in [3.63, 3.8) is 0 Å². The van der Waals surface area contributed by atoms with Crippen LogP contribution < -0.4 is 0 Å². The summed E-state index contributed by atoms with van der Waals surface area (Å²) in [7, 11) is 0. The van der Waals surface area contributed by atoms with Gasteiger partial charge in [-0.25, -0.2) is 0 Å². The Morgan fingerprint density at radius 2 is 2.00 bits per heavy atom. The highest BCUT2D eigenvalue weighted by atomic mass is 35.5. The summed E-state index contributed by atoms with van der Waals surface area (Å²) in [6, 6.07) is 7.34. The highest BCUT2D eigenvalue weighted by Gasteiger charge is 2.50. The van der Waals surface area contributed by atoms with Gasteiger partial charge in [0, 0.05) is 4.90 Å². The lowest BCUT2D eigenvalue weighted by Crippen LogP contribution is -2.27. The molecule has 0 radical (unpaired) electrons. The molecule has 2 rings (SSSR count). The van der Waals surface area contributed by atoms with Gasteiger partial charge in [-0.15, -0.1) is 0 Å². The highest BCUT2D eigenvalue weighted by Crippen LogP contribution is 2.45. The van der Waals surface area contributed by atoms with E-state index in [2.05, 4.69) is 0 Å². The van der Waals surface area contributed by atoms with E-state index in [9.17, 15) is 13.6 Å². The maximum Gasteiger partial charge on any atom is 0.329 e. The second kappa shape index (κ2) is 5.05. The number of aryl methyl sites for hydroxylation is 1. The molecule has 1 fully saturated rings. The molecule has 2 atom stereocenters. The van der Waals surface area contributed by atoms with Gasteiger partial charge in [-0.05, 0) is 30.7 Å². The van der Waals surface area contributed by atoms with Gasteiger partial charge in [0.15, 0.2) is 5.44 Å². The second-order valence-corrected chi connectivity index (χ2v) is 5.82. The molecular formula is C12H11ClF2O2S. The second-order valence-electron chi connectivity index (χ2n) is 4.14. The zero-order valence-electron chi connectivity index (χ0n) is 9.53. The van der Waals surface area contributed by atoms with E-state index >= 15 is 0 Å². The Morgan fingerprint density at radius 3 is 2.56 bits per heavy atom. The van der Waals surface area contributed by atoms with Gasteiger partial charge >= 0.3 is 11.4 Å². The molecule has 1 aliphatic heterocycles. The summed E-state index contributed by atoms with van der Waals surface area (Å²) in [6.45, 7) is 1.93. The lowest BCUT2D eigenvalue weighted by molar-refractivity contribution is -0.138. The smallest absolute Gasteiger partial charge is 0.329 e. The maximum absolute atomic E-state index is 13.1. The molecule has 0 aromatic heterocycles. The van der Waals surface area contributed by atoms with Crippen LogP contribution in [0.25, 0.3) is 0 Å². The minimum absolute atomic E-state index is 0.347. The van der Waals surface area contributed by atoms with Gasteiger partial charge < -0.3 is 4.74 Å². The van der Waals surface area contributed by atoms with Crippen molar-refractivity contribution >= 4 is 29.3 Å². The van der Waals surface area contributed by atoms with E-state index in [4.69, 9.17) is 16.3 Å². The number of halogens is 3. The predicted molar refractivity (Wildman–Crippen MR) is 65.8 cm³/mol. The van der Waals surface area contributed by atoms with Crippen LogP contribution in [0, 0.1) is 12.8 Å². The molecule has 6 heteroatoms. The average Bonchev–Trinajstić information content (AvgIpc) is 2.63. The molecule has 18 heavy (non-hydrogen) atoms. The first-order chi connectivity index (χ1) is 8.36. The standard InChI is InChI=1S/C12H11ClF2O2S/c1-7-2-4-8(5-3-7)18-11-9(12(13,14)15)6-10(16)17-11/h2-5,9,11H,6H2,1H3/t9-,11+/m0/s1. The SMILES string of the molecule is Cc1ccc(S[C@H]2OC(=O)C[C@@H]2C(F)(F)Cl)cc1. The number of ether oxygens (including phenoxy) is 1. The Bertz CT molecular complexity index is 444. The quantitative estimate of drug-likeness (QED) is 0.626. The fraction of sp³-hybridized carbons (Fsp3) is 0.417. The van der Waals surface area contributed by atoms with Crippen molar-refractivity contribution in [1.29, 1.82) is 0 Å². The van der Waals surface area contributed by atoms with E-state index < -0.39 is 22.7 Å². The van der Waals surface area contributed by atoms with Crippen LogP contribution in [0.15, 0.2) is 29.2 Å². The lowest BCUT2D eigenvalue weighted by Gasteiger charge is -2.20. The third kappa shape index (κ3) is 3.14. The number of rotatable bonds is 3. The van der Waals surface area contributed by atoms with E-state index in [1.807, 2.05) is 19.1 Å². The predicted octanol–water partition coefficient (Wildman–Crippen LogP) is 3.81. The molecule has 1 aromatic rings. The number of hydrogen-bond acceptors (Lipinski definition) is 3. The van der Waals surface area contributed by atoms with E-state index in [-0.39, 0.29) is 6.42 Å². The van der Waals surface area contributed by atoms with Crippen LogP contribution in [-0.4, -0.2) is 16.8 Å². The summed E-state index contributed by atoms with van der Waals surface area (Å²) in [4.78, 5) is 11.9. The van der Waals surface area contributed by atoms with Gasteiger partial charge in [-0.3, -0.25) is 4.79 Å². The van der Waals surface area contributed by atoms with Crippen molar-refractivity contribution in [2.75, 3.05) is 0 Å². The fourth-order valence-electron chi connectivity index (χ4n) is 1.66. The van der Waals surface area contributed by atoms with E-state index in [1.165, 1.54) is 0 Å². The van der Waals surface area contributed by atoms with Crippen molar-refractivity contribution in [2.24, 2.45) is 5.92 Å². The molecule has 0 bridgehead atoms. The highest BCUT2D eigenvalue weighted by molar-refractivity contribution is 7.99. The third-order valence-electron chi connectivity index (χ3n) is 2.66. The molecule has 0 spiro atoms. The van der Waals surface area contributed by atoms with Crippen LogP contribution in [0.5, 0.6) is 0 Å². The normalized spacial score (nSPS) is 24.1. The van der Waals surface area contributed by atoms with Crippen LogP contribution in [0.1, 0.15) is 12.0 Å². The van der Waals surface area contributed by atoms with Crippen molar-refractivity contribution < 1.29 is 18.3 Å². The number of benzene rings is 1. The lowest BCUT2D eigenvalue weighted by atomic mass is 10.1. The van der Waals surface area contributed by atoms with Gasteiger partial charge in [0.05, 0.1) is 12.3 Å². The number of alkyl halides is 3. The van der Waals surface area contributed by atoms with Crippen molar-refractivity contribution in [1.82, 2.24) is 0 Å². The van der Waals surface area contributed by atoms with Gasteiger partial charge in [0.2, 0.25) is 0 Å². The van der Waals surface area contributed by atoms with Gasteiger partial charge in [0.1, 0.15) is 0 Å². The fourth-order valence-corrected chi connectivity index (χ4v) is 3.08. The van der Waals surface area contributed by atoms with E-state index in [0.29, 0.717) is 0 Å². The van der Waals surface area contributed by atoms with Crippen molar-refractivity contribution in [2.45, 2.75) is 29.1 Å². The summed E-state index contributed by atoms with van der Waals surface area (Å²) in [5.41, 5.74) is 0.134. The topological polar surface area (TPSA) is 26.3 Å². The minimum Gasteiger partial charge on any atom is -0.450 e. The molecule has 1 aliphatic rings. The molecule has 0 amide bonds. The number of hydrogen-bond donors (Lipinski definition) is 0. The monoisotopic (exact) mass is 292 g/mol. The van der Waals surface area contributed by atoms with Crippen LogP contribution in [-0.2, 0) is 9.53 Å². The molecule has 0 unspecified atom stereocenters. The molecule has 0 aliphatic carbocycles. The zero-order valence-corrected chi connectivity index (χ0v) is 11.1. The molecule has 2 nitrogen and oxygen atoms in total. The molecule has 1 saturated heterocycles. The van der Waals surface area contributed by atoms with Crippen LogP contribution in [0.3, 0.4) is 0 Å². The van der Waals surface area contributed by atoms with E-state index in [0.717, 1.165) is 22.2 Å². The average molecular weight is 293 g/mol. The number of esters is 1. The first-order valence-electron chi connectivity index (χ1n) is 5.36. The maximum atomic E-state index is 13.1. The number of carbonyl (C=O) groups excluding carboxylic acids is 1. The van der Waals surface area contributed by atoms with Crippen LogP contribution >= 0.6 is 23.4 Å². The number of carbonyl (C=O) groups is 1. The van der Waals surface area contributed by atoms with Crippen molar-refractivity contribution in [3.8, 4) is 0 Å². The van der Waals surface area contributed by atoms with Crippen molar-refractivity contribution in [3.05, 3.63) is 29.8 Å². The Hall–Kier alpha value is -0.810. The number of cyclic esters (lactones) is 1. The van der Waals surface area contributed by atoms with Gasteiger partial charge in [-0.2, -0.15) is 8.78 Å². The van der Waals surface area contributed by atoms with Crippen LogP contribution in [0.4, 0.5) is 8.78 Å². The molecule has 1 heterocycles. The first-order valence-corrected chi connectivity index (χ1v) is 6.61. The summed E-state index contributed by atoms with van der Waals surface area (Å²) in [5.74, 6) is -1.93. The zero-order chi connectivity index (χ0) is 13.3. The van der Waals surface area contributed by atoms with Gasteiger partial charge in [-0.1, -0.05) is 29.5 Å². The Morgan fingerprint density at radius 1 is 1.39 bits per heavy atom. The summed E-state index contributed by atoms with van der Waals surface area (Å²) in [5, 5.41) is -3.44. The Labute approximate surface area is 113 Å². The summed E-state index contributed by atoms with van der Waals surface area (Å²) in [6.07, 6.45) is -0.347.